The van der Waals surface area contributed by atoms with Gasteiger partial charge in [0.05, 0.1) is 11.3 Å². The lowest BCUT2D eigenvalue weighted by atomic mass is 10.2. The molecule has 0 aromatic carbocycles. The van der Waals surface area contributed by atoms with Crippen LogP contribution in [0.3, 0.4) is 0 Å². The van der Waals surface area contributed by atoms with Gasteiger partial charge >= 0.3 is 0 Å². The number of aryl methyl sites for hydroxylation is 1. The molecule has 1 aliphatic carbocycles. The van der Waals surface area contributed by atoms with Crippen LogP contribution in [0, 0.1) is 0 Å². The van der Waals surface area contributed by atoms with Gasteiger partial charge in [0, 0.05) is 18.7 Å². The number of H-pyrrole nitrogens is 1. The molecule has 58 valence electrons. The van der Waals surface area contributed by atoms with E-state index in [-0.39, 0.29) is 5.78 Å². The summed E-state index contributed by atoms with van der Waals surface area (Å²) in [6, 6.07) is 0. The molecular weight excluding hydrogens is 142 g/mol. The van der Waals surface area contributed by atoms with E-state index in [0.717, 1.165) is 17.7 Å². The summed E-state index contributed by atoms with van der Waals surface area (Å²) in [7, 11) is 0. The fourth-order valence-corrected chi connectivity index (χ4v) is 1.44. The van der Waals surface area contributed by atoms with Crippen LogP contribution in [0.25, 0.3) is 0 Å². The highest BCUT2D eigenvalue weighted by Gasteiger charge is 2.24. The Kier molecular flexibility index (Phi) is 1.29. The Morgan fingerprint density at radius 2 is 2.36 bits per heavy atom. The van der Waals surface area contributed by atoms with Gasteiger partial charge in [0.25, 0.3) is 0 Å². The van der Waals surface area contributed by atoms with E-state index >= 15 is 0 Å². The van der Waals surface area contributed by atoms with Gasteiger partial charge in [-0.3, -0.25) is 9.89 Å². The summed E-state index contributed by atoms with van der Waals surface area (Å²) < 4.78 is 0. The lowest BCUT2D eigenvalue weighted by molar-refractivity contribution is 0.0993. The molecule has 1 aromatic heterocycles. The predicted octanol–water partition coefficient (Wildman–Crippen LogP) is -0.00270. The Hall–Kier alpha value is -1.16. The molecule has 0 saturated heterocycles. The number of nitrogens with one attached hydrogen (secondary N) is 1. The van der Waals surface area contributed by atoms with E-state index in [1.165, 1.54) is 0 Å². The third-order valence-corrected chi connectivity index (χ3v) is 1.99. The molecule has 0 fully saturated rings. The molecule has 0 aliphatic heterocycles. The molecular formula is C7H9N3O. The maximum Gasteiger partial charge on any atom is 0.167 e. The second kappa shape index (κ2) is 2.17. The van der Waals surface area contributed by atoms with Crippen LogP contribution in [0.1, 0.15) is 28.2 Å². The molecule has 11 heavy (non-hydrogen) atoms. The summed E-state index contributed by atoms with van der Waals surface area (Å²) in [6.45, 7) is 0.345. The molecule has 0 bridgehead atoms. The van der Waals surface area contributed by atoms with Gasteiger partial charge in [0.1, 0.15) is 0 Å². The maximum atomic E-state index is 11.2. The summed E-state index contributed by atoms with van der Waals surface area (Å²) in [6.07, 6.45) is 1.40. The molecule has 1 aromatic rings. The minimum atomic E-state index is 0.175. The van der Waals surface area contributed by atoms with Crippen molar-refractivity contribution in [2.75, 3.05) is 0 Å². The van der Waals surface area contributed by atoms with Crippen molar-refractivity contribution in [3.63, 3.8) is 0 Å². The molecule has 1 heterocycles. The van der Waals surface area contributed by atoms with Crippen LogP contribution in [0.5, 0.6) is 0 Å². The number of hydrogen-bond acceptors (Lipinski definition) is 3. The highest BCUT2D eigenvalue weighted by Crippen LogP contribution is 2.22. The van der Waals surface area contributed by atoms with E-state index in [4.69, 9.17) is 5.73 Å². The van der Waals surface area contributed by atoms with Crippen molar-refractivity contribution in [2.45, 2.75) is 19.4 Å². The Morgan fingerprint density at radius 3 is 3.09 bits per heavy atom. The third kappa shape index (κ3) is 0.793. The lowest BCUT2D eigenvalue weighted by Gasteiger charge is -1.90. The fraction of sp³-hybridized carbons (Fsp3) is 0.429. The zero-order valence-electron chi connectivity index (χ0n) is 6.05. The van der Waals surface area contributed by atoms with E-state index in [0.29, 0.717) is 18.7 Å². The predicted molar refractivity (Wildman–Crippen MR) is 39.1 cm³/mol. The molecule has 0 amide bonds. The van der Waals surface area contributed by atoms with Gasteiger partial charge in [-0.15, -0.1) is 0 Å². The van der Waals surface area contributed by atoms with Crippen molar-refractivity contribution in [3.05, 3.63) is 17.0 Å². The van der Waals surface area contributed by atoms with Gasteiger partial charge in [0.2, 0.25) is 0 Å². The Bertz CT molecular complexity index is 303. The number of hydrogen-bond donors (Lipinski definition) is 2. The first-order chi connectivity index (χ1) is 5.33. The topological polar surface area (TPSA) is 71.8 Å². The number of nitrogens with zero attached hydrogens (tertiary/aromatic N) is 1. The second-order valence-electron chi connectivity index (χ2n) is 2.65. The van der Waals surface area contributed by atoms with Crippen LogP contribution in [0.15, 0.2) is 0 Å². The standard InChI is InChI=1S/C7H9N3O/c8-3-5-7-4(9-10-5)1-2-6(7)11/h1-3,8H2,(H,9,10). The first kappa shape index (κ1) is 6.54. The average Bonchev–Trinajstić information content (AvgIpc) is 2.54. The molecule has 3 N–H and O–H groups in total. The highest BCUT2D eigenvalue weighted by atomic mass is 16.1. The molecule has 4 heteroatoms. The van der Waals surface area contributed by atoms with Gasteiger partial charge in [-0.25, -0.2) is 0 Å². The summed E-state index contributed by atoms with van der Waals surface area (Å²) in [4.78, 5) is 11.2. The van der Waals surface area contributed by atoms with Crippen LogP contribution in [0.4, 0.5) is 0 Å². The number of carbonyl (C=O) groups is 1. The number of aromatic amines is 1. The minimum absolute atomic E-state index is 0.175. The molecule has 0 saturated carbocycles. The number of Topliss-reactive ketones (excluding diaryl/α,β-unsaturated/α-hetero) is 1. The number of ketones is 1. The van der Waals surface area contributed by atoms with Crippen LogP contribution in [-0.4, -0.2) is 16.0 Å². The smallest absolute Gasteiger partial charge is 0.167 e. The van der Waals surface area contributed by atoms with Gasteiger partial charge < -0.3 is 5.73 Å². The lowest BCUT2D eigenvalue weighted by Crippen LogP contribution is -2.03. The monoisotopic (exact) mass is 151 g/mol. The van der Waals surface area contributed by atoms with Crippen molar-refractivity contribution < 1.29 is 4.79 Å². The van der Waals surface area contributed by atoms with Crippen LogP contribution in [-0.2, 0) is 13.0 Å². The third-order valence-electron chi connectivity index (χ3n) is 1.99. The molecule has 0 radical (unpaired) electrons. The summed E-state index contributed by atoms with van der Waals surface area (Å²) in [5.41, 5.74) is 7.80. The minimum Gasteiger partial charge on any atom is -0.325 e. The van der Waals surface area contributed by atoms with Crippen molar-refractivity contribution >= 4 is 5.78 Å². The number of nitrogens with two attached hydrogens (primary N) is 1. The van der Waals surface area contributed by atoms with Crippen LogP contribution >= 0.6 is 0 Å². The molecule has 1 aliphatic rings. The molecule has 4 nitrogen and oxygen atoms in total. The average molecular weight is 151 g/mol. The van der Waals surface area contributed by atoms with E-state index < -0.39 is 0 Å². The van der Waals surface area contributed by atoms with Gasteiger partial charge in [0.15, 0.2) is 5.78 Å². The van der Waals surface area contributed by atoms with Crippen LogP contribution < -0.4 is 5.73 Å². The quantitative estimate of drug-likeness (QED) is 0.593. The van der Waals surface area contributed by atoms with E-state index in [1.807, 2.05) is 0 Å². The maximum absolute atomic E-state index is 11.2. The summed E-state index contributed by atoms with van der Waals surface area (Å²) in [5, 5.41) is 6.75. The number of aromatic nitrogens is 2. The van der Waals surface area contributed by atoms with Gasteiger partial charge in [-0.05, 0) is 6.42 Å². The second-order valence-corrected chi connectivity index (χ2v) is 2.65. The zero-order chi connectivity index (χ0) is 7.84. The SMILES string of the molecule is NCc1n[nH]c2c1C(=O)CC2. The first-order valence-corrected chi connectivity index (χ1v) is 3.62. The molecule has 2 rings (SSSR count). The van der Waals surface area contributed by atoms with Gasteiger partial charge in [-0.1, -0.05) is 0 Å². The Labute approximate surface area is 63.8 Å². The molecule has 0 spiro atoms. The van der Waals surface area contributed by atoms with E-state index in [1.54, 1.807) is 0 Å². The molecule has 0 unspecified atom stereocenters. The highest BCUT2D eigenvalue weighted by molar-refractivity contribution is 6.00. The first-order valence-electron chi connectivity index (χ1n) is 3.62. The van der Waals surface area contributed by atoms with Crippen molar-refractivity contribution in [1.82, 2.24) is 10.2 Å². The van der Waals surface area contributed by atoms with Crippen molar-refractivity contribution in [2.24, 2.45) is 5.73 Å². The number of fused-ring (bicyclic) bond motifs is 1. The largest absolute Gasteiger partial charge is 0.325 e. The fourth-order valence-electron chi connectivity index (χ4n) is 1.44. The van der Waals surface area contributed by atoms with Crippen LogP contribution in [0.2, 0.25) is 0 Å². The Balaban J connectivity index is 2.54. The normalized spacial score (nSPS) is 15.5. The van der Waals surface area contributed by atoms with E-state index in [9.17, 15) is 4.79 Å². The molecule has 0 atom stereocenters. The summed E-state index contributed by atoms with van der Waals surface area (Å²) in [5.74, 6) is 0.175. The zero-order valence-corrected chi connectivity index (χ0v) is 6.05. The number of carbonyl (C=O) groups excluding carboxylic acids is 1. The Morgan fingerprint density at radius 1 is 1.55 bits per heavy atom. The van der Waals surface area contributed by atoms with Crippen molar-refractivity contribution in [3.8, 4) is 0 Å². The van der Waals surface area contributed by atoms with E-state index in [2.05, 4.69) is 10.2 Å². The summed E-state index contributed by atoms with van der Waals surface area (Å²) >= 11 is 0. The number of rotatable bonds is 1. The van der Waals surface area contributed by atoms with Gasteiger partial charge in [-0.2, -0.15) is 5.10 Å². The van der Waals surface area contributed by atoms with Crippen molar-refractivity contribution in [1.29, 1.82) is 0 Å².